The van der Waals surface area contributed by atoms with Gasteiger partial charge in [-0.05, 0) is 68.3 Å². The summed E-state index contributed by atoms with van der Waals surface area (Å²) >= 11 is 0. The van der Waals surface area contributed by atoms with Gasteiger partial charge in [-0.15, -0.1) is 0 Å². The van der Waals surface area contributed by atoms with Gasteiger partial charge in [0, 0.05) is 75.2 Å². The number of aryl methyl sites for hydroxylation is 1. The Morgan fingerprint density at radius 3 is 2.35 bits per heavy atom. The number of nitrogens with zero attached hydrogens (tertiary/aromatic N) is 6. The van der Waals surface area contributed by atoms with Gasteiger partial charge in [0.25, 0.3) is 0 Å². The zero-order valence-corrected chi connectivity index (χ0v) is 23.2. The summed E-state index contributed by atoms with van der Waals surface area (Å²) in [5, 5.41) is 5.00. The molecule has 1 N–H and O–H groups in total. The van der Waals surface area contributed by atoms with Gasteiger partial charge in [-0.25, -0.2) is 23.8 Å². The number of nitrogens with one attached hydrogen (secondary N) is 1. The summed E-state index contributed by atoms with van der Waals surface area (Å²) in [5.41, 5.74) is 3.95. The second-order valence-electron chi connectivity index (χ2n) is 11.1. The summed E-state index contributed by atoms with van der Waals surface area (Å²) in [6, 6.07) is 12.1. The van der Waals surface area contributed by atoms with E-state index in [-0.39, 0.29) is 6.04 Å². The zero-order valence-electron chi connectivity index (χ0n) is 23.2. The number of hydrogen-bond donors (Lipinski definition) is 1. The number of benzene rings is 2. The summed E-state index contributed by atoms with van der Waals surface area (Å²) in [6.45, 7) is 9.43. The highest BCUT2D eigenvalue weighted by atomic mass is 19.1. The molecule has 4 heterocycles. The standard InChI is InChI=1S/C30H37F2N7O/c1-21-15-25(3-4-27(21)38-8-5-26(6-9-38)37-12-10-36(2)11-13-37)35-29-19-30(34-20-33-29)39-28(7-14-40-39)22-16-23(31)18-24(32)17-22/h3-4,15-20,26,28H,5-14H2,1-2H3,(H,33,34,35)/t28-/m1/s1. The molecule has 0 amide bonds. The molecule has 212 valence electrons. The first-order valence-electron chi connectivity index (χ1n) is 14.2. The molecule has 10 heteroatoms. The zero-order chi connectivity index (χ0) is 27.6. The van der Waals surface area contributed by atoms with Crippen molar-refractivity contribution in [3.8, 4) is 0 Å². The number of piperidine rings is 1. The number of hydrogen-bond acceptors (Lipinski definition) is 8. The van der Waals surface area contributed by atoms with E-state index in [2.05, 4.69) is 62.2 Å². The third kappa shape index (κ3) is 5.89. The normalized spacial score (nSPS) is 21.2. The Balaban J connectivity index is 1.10. The third-order valence-corrected chi connectivity index (χ3v) is 8.38. The first-order valence-corrected chi connectivity index (χ1v) is 14.2. The van der Waals surface area contributed by atoms with E-state index in [0.717, 1.165) is 24.8 Å². The highest BCUT2D eigenvalue weighted by Crippen LogP contribution is 2.35. The fourth-order valence-corrected chi connectivity index (χ4v) is 6.20. The van der Waals surface area contributed by atoms with Crippen LogP contribution >= 0.6 is 0 Å². The van der Waals surface area contributed by atoms with E-state index in [1.165, 1.54) is 68.7 Å². The van der Waals surface area contributed by atoms with E-state index in [1.807, 2.05) is 0 Å². The first kappa shape index (κ1) is 26.9. The van der Waals surface area contributed by atoms with Gasteiger partial charge >= 0.3 is 0 Å². The minimum atomic E-state index is -0.606. The fourth-order valence-electron chi connectivity index (χ4n) is 6.20. The van der Waals surface area contributed by atoms with Gasteiger partial charge in [0.2, 0.25) is 0 Å². The van der Waals surface area contributed by atoms with E-state index in [9.17, 15) is 8.78 Å². The molecule has 1 aromatic heterocycles. The van der Waals surface area contributed by atoms with Gasteiger partial charge < -0.3 is 15.1 Å². The van der Waals surface area contributed by atoms with E-state index >= 15 is 0 Å². The molecule has 2 aromatic carbocycles. The van der Waals surface area contributed by atoms with Crippen LogP contribution < -0.4 is 15.3 Å². The third-order valence-electron chi connectivity index (χ3n) is 8.38. The lowest BCUT2D eigenvalue weighted by atomic mass is 10.0. The Morgan fingerprint density at radius 1 is 0.875 bits per heavy atom. The largest absolute Gasteiger partial charge is 0.371 e. The average molecular weight is 550 g/mol. The number of rotatable bonds is 6. The van der Waals surface area contributed by atoms with Gasteiger partial charge in [-0.3, -0.25) is 9.74 Å². The Hall–Kier alpha value is -3.34. The molecule has 0 radical (unpaired) electrons. The quantitative estimate of drug-likeness (QED) is 0.466. The lowest BCUT2D eigenvalue weighted by Gasteiger charge is -2.43. The monoisotopic (exact) mass is 549 g/mol. The minimum Gasteiger partial charge on any atom is -0.371 e. The van der Waals surface area contributed by atoms with Crippen molar-refractivity contribution >= 4 is 23.0 Å². The van der Waals surface area contributed by atoms with Crippen LogP contribution in [0.2, 0.25) is 0 Å². The van der Waals surface area contributed by atoms with Gasteiger partial charge in [0.15, 0.2) is 5.82 Å². The van der Waals surface area contributed by atoms with Crippen LogP contribution in [-0.2, 0) is 4.84 Å². The molecule has 0 spiro atoms. The molecule has 0 unspecified atom stereocenters. The molecule has 0 aliphatic carbocycles. The van der Waals surface area contributed by atoms with Crippen molar-refractivity contribution in [2.45, 2.75) is 38.3 Å². The van der Waals surface area contributed by atoms with Gasteiger partial charge in [0.05, 0.1) is 12.6 Å². The summed E-state index contributed by atoms with van der Waals surface area (Å²) < 4.78 is 27.7. The van der Waals surface area contributed by atoms with Crippen LogP contribution in [0, 0.1) is 18.6 Å². The Morgan fingerprint density at radius 2 is 1.62 bits per heavy atom. The molecule has 8 nitrogen and oxygen atoms in total. The topological polar surface area (TPSA) is 60.0 Å². The average Bonchev–Trinajstić information content (AvgIpc) is 3.44. The second kappa shape index (κ2) is 11.6. The van der Waals surface area contributed by atoms with Crippen LogP contribution in [0.15, 0.2) is 48.8 Å². The van der Waals surface area contributed by atoms with E-state index in [0.29, 0.717) is 36.3 Å². The van der Waals surface area contributed by atoms with Gasteiger partial charge in [-0.2, -0.15) is 0 Å². The number of hydroxylamine groups is 1. The smallest absolute Gasteiger partial charge is 0.158 e. The van der Waals surface area contributed by atoms with Gasteiger partial charge in [-0.1, -0.05) is 0 Å². The molecule has 3 aliphatic heterocycles. The van der Waals surface area contributed by atoms with Crippen LogP contribution in [-0.4, -0.2) is 78.7 Å². The predicted molar refractivity (Wildman–Crippen MR) is 153 cm³/mol. The van der Waals surface area contributed by atoms with Gasteiger partial charge in [0.1, 0.15) is 23.8 Å². The Kier molecular flexibility index (Phi) is 7.82. The first-order chi connectivity index (χ1) is 19.4. The maximum absolute atomic E-state index is 13.9. The fraction of sp³-hybridized carbons (Fsp3) is 0.467. The molecule has 0 saturated carbocycles. The number of anilines is 4. The molecule has 3 saturated heterocycles. The Labute approximate surface area is 234 Å². The summed E-state index contributed by atoms with van der Waals surface area (Å²) in [5.74, 6) is -0.0683. The van der Waals surface area contributed by atoms with Crippen LogP contribution in [0.1, 0.15) is 36.4 Å². The number of halogens is 2. The maximum atomic E-state index is 13.9. The number of likely N-dealkylation sites (N-methyl/N-ethyl adjacent to an activating group) is 1. The summed E-state index contributed by atoms with van der Waals surface area (Å²) in [7, 11) is 2.21. The maximum Gasteiger partial charge on any atom is 0.158 e. The van der Waals surface area contributed by atoms with Crippen molar-refractivity contribution < 1.29 is 13.6 Å². The molecule has 3 fully saturated rings. The van der Waals surface area contributed by atoms with Crippen LogP contribution in [0.4, 0.5) is 31.8 Å². The molecule has 0 bridgehead atoms. The minimum absolute atomic E-state index is 0.338. The number of aromatic nitrogens is 2. The second-order valence-corrected chi connectivity index (χ2v) is 11.1. The van der Waals surface area contributed by atoms with E-state index in [4.69, 9.17) is 4.84 Å². The molecule has 3 aliphatic rings. The van der Waals surface area contributed by atoms with Crippen LogP contribution in [0.3, 0.4) is 0 Å². The van der Waals surface area contributed by atoms with E-state index < -0.39 is 11.6 Å². The molecule has 6 rings (SSSR count). The Bertz CT molecular complexity index is 1300. The SMILES string of the molecule is Cc1cc(Nc2cc(N3OCC[C@@H]3c3cc(F)cc(F)c3)ncn2)ccc1N1CCC(N2CCN(C)CC2)CC1. The molecule has 40 heavy (non-hydrogen) atoms. The molecular formula is C30H37F2N7O. The number of piperazine rings is 1. The lowest BCUT2D eigenvalue weighted by Crippen LogP contribution is -2.52. The van der Waals surface area contributed by atoms with Crippen molar-refractivity contribution in [3.05, 3.63) is 71.6 Å². The van der Waals surface area contributed by atoms with Crippen molar-refractivity contribution in [1.29, 1.82) is 0 Å². The van der Waals surface area contributed by atoms with Crippen molar-refractivity contribution in [2.24, 2.45) is 0 Å². The predicted octanol–water partition coefficient (Wildman–Crippen LogP) is 4.91. The lowest BCUT2D eigenvalue weighted by molar-refractivity contribution is 0.0982. The molecule has 3 aromatic rings. The van der Waals surface area contributed by atoms with Crippen LogP contribution in [0.25, 0.3) is 0 Å². The van der Waals surface area contributed by atoms with Crippen LogP contribution in [0.5, 0.6) is 0 Å². The van der Waals surface area contributed by atoms with Crippen molar-refractivity contribution in [2.75, 3.05) is 68.2 Å². The van der Waals surface area contributed by atoms with Crippen molar-refractivity contribution in [1.82, 2.24) is 19.8 Å². The summed E-state index contributed by atoms with van der Waals surface area (Å²) in [4.78, 5) is 22.2. The molecular weight excluding hydrogens is 512 g/mol. The highest BCUT2D eigenvalue weighted by Gasteiger charge is 2.30. The highest BCUT2D eigenvalue weighted by molar-refractivity contribution is 5.65. The summed E-state index contributed by atoms with van der Waals surface area (Å²) in [6.07, 6.45) is 4.47. The van der Waals surface area contributed by atoms with Crippen molar-refractivity contribution in [3.63, 3.8) is 0 Å². The van der Waals surface area contributed by atoms with E-state index in [1.54, 1.807) is 11.1 Å². The molecule has 1 atom stereocenters.